The molecule has 0 N–H and O–H groups in total. The minimum atomic E-state index is -1.17. The number of allylic oxidation sites excluding steroid dienone is 2. The summed E-state index contributed by atoms with van der Waals surface area (Å²) >= 11 is 6.47. The number of nitrogens with zero attached hydrogens (tertiary/aromatic N) is 3. The van der Waals surface area contributed by atoms with Crippen molar-refractivity contribution in [3.05, 3.63) is 112 Å². The van der Waals surface area contributed by atoms with Crippen LogP contribution >= 0.6 is 11.6 Å². The lowest BCUT2D eigenvalue weighted by Gasteiger charge is -2.52. The molecular formula is C36H28ClN3O4. The molecule has 1 saturated carbocycles. The number of halogens is 1. The molecule has 6 aliphatic carbocycles. The molecule has 0 spiro atoms. The summed E-state index contributed by atoms with van der Waals surface area (Å²) in [4.78, 5) is 57.8. The fraction of sp³-hybridized carbons (Fsp3) is 0.306. The Balaban J connectivity index is 1.24. The molecule has 6 atom stereocenters. The van der Waals surface area contributed by atoms with Gasteiger partial charge in [-0.1, -0.05) is 78.4 Å². The van der Waals surface area contributed by atoms with Crippen LogP contribution < -0.4 is 4.90 Å². The van der Waals surface area contributed by atoms with E-state index in [0.717, 1.165) is 45.7 Å². The quantitative estimate of drug-likeness (QED) is 0.229. The van der Waals surface area contributed by atoms with Crippen molar-refractivity contribution < 1.29 is 19.2 Å². The molecule has 3 fully saturated rings. The van der Waals surface area contributed by atoms with Crippen LogP contribution in [-0.4, -0.2) is 34.9 Å². The van der Waals surface area contributed by atoms with Gasteiger partial charge in [0.15, 0.2) is 0 Å². The Kier molecular flexibility index (Phi) is 5.25. The Morgan fingerprint density at radius 2 is 1.36 bits per heavy atom. The first kappa shape index (κ1) is 26.1. The highest BCUT2D eigenvalue weighted by atomic mass is 35.5. The third kappa shape index (κ3) is 3.05. The number of hydrogen-bond donors (Lipinski definition) is 0. The zero-order valence-corrected chi connectivity index (χ0v) is 24.6. The third-order valence-electron chi connectivity index (χ3n) is 11.2. The van der Waals surface area contributed by atoms with E-state index in [0.29, 0.717) is 10.7 Å². The van der Waals surface area contributed by atoms with E-state index in [1.54, 1.807) is 18.3 Å². The van der Waals surface area contributed by atoms with Crippen molar-refractivity contribution in [2.24, 2.45) is 40.6 Å². The van der Waals surface area contributed by atoms with E-state index < -0.39 is 29.1 Å². The third-order valence-corrected chi connectivity index (χ3v) is 11.6. The number of amides is 4. The Bertz CT molecular complexity index is 1830. The molecule has 4 amide bonds. The van der Waals surface area contributed by atoms with Gasteiger partial charge >= 0.3 is 0 Å². The van der Waals surface area contributed by atoms with Crippen LogP contribution in [0.5, 0.6) is 0 Å². The van der Waals surface area contributed by atoms with E-state index in [-0.39, 0.29) is 41.4 Å². The average Bonchev–Trinajstić information content (AvgIpc) is 3.48. The molecule has 218 valence electrons. The normalized spacial score (nSPS) is 34.2. The van der Waals surface area contributed by atoms with Crippen LogP contribution in [0.1, 0.15) is 46.6 Å². The molecule has 0 radical (unpaired) electrons. The second-order valence-electron chi connectivity index (χ2n) is 13.0. The largest absolute Gasteiger partial charge is 0.274 e. The highest BCUT2D eigenvalue weighted by molar-refractivity contribution is 6.32. The van der Waals surface area contributed by atoms with Crippen molar-refractivity contribution >= 4 is 47.1 Å². The molecule has 8 heteroatoms. The Labute approximate surface area is 259 Å². The highest BCUT2D eigenvalue weighted by Crippen LogP contribution is 2.64. The lowest BCUT2D eigenvalue weighted by Crippen LogP contribution is -2.55. The number of carbonyl (C=O) groups excluding carboxylic acids is 4. The number of imide groups is 2. The smallest absolute Gasteiger partial charge is 0.254 e. The van der Waals surface area contributed by atoms with Crippen LogP contribution in [0.3, 0.4) is 0 Å². The topological polar surface area (TPSA) is 87.1 Å². The van der Waals surface area contributed by atoms with Crippen molar-refractivity contribution in [3.63, 3.8) is 0 Å². The van der Waals surface area contributed by atoms with E-state index in [9.17, 15) is 19.2 Å². The van der Waals surface area contributed by atoms with Crippen LogP contribution in [-0.2, 0) is 24.6 Å². The maximum atomic E-state index is 14.6. The van der Waals surface area contributed by atoms with Crippen molar-refractivity contribution in [2.75, 3.05) is 4.90 Å². The maximum absolute atomic E-state index is 14.6. The fourth-order valence-corrected chi connectivity index (χ4v) is 9.52. The van der Waals surface area contributed by atoms with Crippen LogP contribution in [0, 0.1) is 42.4 Å². The minimum absolute atomic E-state index is 0.0414. The second kappa shape index (κ2) is 8.85. The number of hydrogen-bond acceptors (Lipinski definition) is 5. The molecule has 8 aliphatic rings. The summed E-state index contributed by atoms with van der Waals surface area (Å²) < 4.78 is 0. The molecule has 3 aromatic carbocycles. The number of carbonyl (C=O) groups is 4. The van der Waals surface area contributed by atoms with E-state index in [1.165, 1.54) is 4.90 Å². The molecular weight excluding hydrogens is 574 g/mol. The van der Waals surface area contributed by atoms with Crippen molar-refractivity contribution in [3.8, 4) is 0 Å². The Morgan fingerprint density at radius 1 is 0.773 bits per heavy atom. The predicted molar refractivity (Wildman–Crippen MR) is 164 cm³/mol. The Morgan fingerprint density at radius 3 is 1.93 bits per heavy atom. The number of fused-ring (bicyclic) bond motifs is 1. The molecule has 0 unspecified atom stereocenters. The van der Waals surface area contributed by atoms with Gasteiger partial charge in [0.25, 0.3) is 11.8 Å². The zero-order chi connectivity index (χ0) is 30.1. The fourth-order valence-electron chi connectivity index (χ4n) is 9.35. The van der Waals surface area contributed by atoms with Crippen molar-refractivity contribution in [1.82, 2.24) is 5.01 Å². The molecule has 44 heavy (non-hydrogen) atoms. The molecule has 0 aromatic heterocycles. The minimum Gasteiger partial charge on any atom is -0.274 e. The highest BCUT2D eigenvalue weighted by Gasteiger charge is 2.68. The summed E-state index contributed by atoms with van der Waals surface area (Å²) in [5.41, 5.74) is 3.77. The van der Waals surface area contributed by atoms with Crippen molar-refractivity contribution in [2.45, 2.75) is 31.1 Å². The van der Waals surface area contributed by atoms with Crippen molar-refractivity contribution in [1.29, 1.82) is 0 Å². The molecule has 11 rings (SSSR count). The summed E-state index contributed by atoms with van der Waals surface area (Å²) in [6.45, 7) is 1.87. The second-order valence-corrected chi connectivity index (χ2v) is 13.5. The van der Waals surface area contributed by atoms with Gasteiger partial charge in [-0.3, -0.25) is 19.2 Å². The summed E-state index contributed by atoms with van der Waals surface area (Å²) in [5.74, 6) is -3.72. The molecule has 7 nitrogen and oxygen atoms in total. The zero-order valence-electron chi connectivity index (χ0n) is 23.9. The number of rotatable bonds is 3. The summed E-state index contributed by atoms with van der Waals surface area (Å²) in [5, 5.41) is 6.25. The first-order chi connectivity index (χ1) is 21.3. The van der Waals surface area contributed by atoms with E-state index >= 15 is 0 Å². The first-order valence-corrected chi connectivity index (χ1v) is 15.6. The lowest BCUT2D eigenvalue weighted by molar-refractivity contribution is -0.140. The van der Waals surface area contributed by atoms with Gasteiger partial charge in [-0.2, -0.15) is 10.1 Å². The molecule has 4 bridgehead atoms. The van der Waals surface area contributed by atoms with Gasteiger partial charge < -0.3 is 0 Å². The van der Waals surface area contributed by atoms with E-state index in [2.05, 4.69) is 12.2 Å². The van der Waals surface area contributed by atoms with Gasteiger partial charge in [-0.25, -0.2) is 4.90 Å². The summed E-state index contributed by atoms with van der Waals surface area (Å²) in [6.07, 6.45) is 7.59. The molecule has 2 saturated heterocycles. The maximum Gasteiger partial charge on any atom is 0.254 e. The van der Waals surface area contributed by atoms with Gasteiger partial charge in [0, 0.05) is 17.2 Å². The lowest BCUT2D eigenvalue weighted by atomic mass is 9.47. The molecule has 2 aliphatic heterocycles. The van der Waals surface area contributed by atoms with Gasteiger partial charge in [0.2, 0.25) is 11.8 Å². The summed E-state index contributed by atoms with van der Waals surface area (Å²) in [7, 11) is 0. The molecule has 2 heterocycles. The van der Waals surface area contributed by atoms with Crippen LogP contribution in [0.4, 0.5) is 5.69 Å². The SMILES string of the molecule is Cc1ccc(N2C(=O)[C@@H]3C4c5ccccc5C(/C=N\N5C(=O)[C@H]6[C@H](C5=O)[C@H]5C=C[C@H]6CC5)(c5ccccc54)[C@@H]3C2=O)cc1Cl. The molecule has 3 aromatic rings. The number of aryl methyl sites for hydroxylation is 1. The van der Waals surface area contributed by atoms with Gasteiger partial charge in [-0.05, 0) is 71.6 Å². The first-order valence-electron chi connectivity index (χ1n) is 15.3. The van der Waals surface area contributed by atoms with Gasteiger partial charge in [-0.15, -0.1) is 0 Å². The number of anilines is 1. The van der Waals surface area contributed by atoms with Gasteiger partial charge in [0.1, 0.15) is 0 Å². The van der Waals surface area contributed by atoms with Crippen LogP contribution in [0.25, 0.3) is 0 Å². The number of benzene rings is 3. The van der Waals surface area contributed by atoms with E-state index in [1.807, 2.05) is 61.5 Å². The van der Waals surface area contributed by atoms with Gasteiger partial charge in [0.05, 0.1) is 34.8 Å². The number of hydrazone groups is 1. The standard InChI is InChI=1S/C36H28ClN3O4/c1-18-10-15-21(16-26(18)37)39-32(41)30-29-22-6-2-4-8-24(22)36(31(30)35(39)44,25-9-5-3-7-23(25)29)17-38-40-33(42)27-19-11-12-20(14-13-19)28(27)34(40)43/h2-12,15-17,19-20,27-31H,13-14H2,1H3/b38-17-/t19-,20-,27+,28+,29?,30+,31-,36?/m0/s1. The summed E-state index contributed by atoms with van der Waals surface area (Å²) in [6, 6.07) is 21.0. The van der Waals surface area contributed by atoms with Crippen LogP contribution in [0.2, 0.25) is 5.02 Å². The predicted octanol–water partition coefficient (Wildman–Crippen LogP) is 5.38. The van der Waals surface area contributed by atoms with Crippen LogP contribution in [0.15, 0.2) is 84.0 Å². The average molecular weight is 602 g/mol. The Hall–Kier alpha value is -4.36. The monoisotopic (exact) mass is 601 g/mol. The van der Waals surface area contributed by atoms with E-state index in [4.69, 9.17) is 16.7 Å².